The maximum atomic E-state index is 11.3. The van der Waals surface area contributed by atoms with E-state index in [-0.39, 0.29) is 0 Å². The second-order valence-corrected chi connectivity index (χ2v) is 10.3. The molecule has 0 saturated heterocycles. The molecule has 5 aromatic rings. The van der Waals surface area contributed by atoms with Gasteiger partial charge in [-0.05, 0) is 91.6 Å². The van der Waals surface area contributed by atoms with Crippen molar-refractivity contribution in [2.24, 2.45) is 0 Å². The van der Waals surface area contributed by atoms with Crippen LogP contribution in [0.25, 0.3) is 32.7 Å². The summed E-state index contributed by atoms with van der Waals surface area (Å²) in [6, 6.07) is 6.30. The molecule has 4 heteroatoms. The van der Waals surface area contributed by atoms with Crippen molar-refractivity contribution in [3.8, 4) is 11.5 Å². The summed E-state index contributed by atoms with van der Waals surface area (Å²) in [7, 11) is 1.70. The summed E-state index contributed by atoms with van der Waals surface area (Å²) in [5.74, 6) is 2.45. The first-order valence-electron chi connectivity index (χ1n) is 12.6. The van der Waals surface area contributed by atoms with Crippen LogP contribution in [0.4, 0.5) is 0 Å². The molecule has 3 aromatic carbocycles. The van der Waals surface area contributed by atoms with Crippen LogP contribution in [0.15, 0.2) is 33.3 Å². The van der Waals surface area contributed by atoms with Crippen LogP contribution in [0.5, 0.6) is 11.5 Å². The topological polar surface area (TPSA) is 55.7 Å². The molecule has 0 unspecified atom stereocenters. The molecular formula is C31H32O4. The van der Waals surface area contributed by atoms with Gasteiger partial charge in [-0.2, -0.15) is 0 Å². The van der Waals surface area contributed by atoms with Crippen molar-refractivity contribution in [3.05, 3.63) is 69.2 Å². The number of methoxy groups -OCH3 is 1. The first-order valence-corrected chi connectivity index (χ1v) is 12.6. The van der Waals surface area contributed by atoms with Gasteiger partial charge in [-0.25, -0.2) is 0 Å². The highest BCUT2D eigenvalue weighted by Crippen LogP contribution is 2.47. The zero-order valence-electron chi connectivity index (χ0n) is 21.4. The fraction of sp³-hybridized carbons (Fsp3) is 0.355. The lowest BCUT2D eigenvalue weighted by molar-refractivity contribution is 0.415. The first kappa shape index (κ1) is 22.1. The van der Waals surface area contributed by atoms with E-state index in [0.29, 0.717) is 23.7 Å². The zero-order chi connectivity index (χ0) is 24.6. The molecule has 1 aliphatic rings. The van der Waals surface area contributed by atoms with Crippen LogP contribution in [0, 0.1) is 27.7 Å². The molecule has 0 fully saturated rings. The lowest BCUT2D eigenvalue weighted by atomic mass is 9.79. The van der Waals surface area contributed by atoms with Crippen molar-refractivity contribution in [2.75, 3.05) is 7.11 Å². The third-order valence-electron chi connectivity index (χ3n) is 8.25. The van der Waals surface area contributed by atoms with Crippen molar-refractivity contribution < 1.29 is 18.7 Å². The van der Waals surface area contributed by atoms with Gasteiger partial charge in [-0.15, -0.1) is 0 Å². The Labute approximate surface area is 205 Å². The molecule has 1 N–H and O–H groups in total. The molecule has 0 spiro atoms. The average molecular weight is 469 g/mol. The summed E-state index contributed by atoms with van der Waals surface area (Å²) >= 11 is 0. The minimum Gasteiger partial charge on any atom is -0.504 e. The van der Waals surface area contributed by atoms with Gasteiger partial charge in [-0.3, -0.25) is 0 Å². The molecule has 2 aromatic heterocycles. The summed E-state index contributed by atoms with van der Waals surface area (Å²) in [6.45, 7) is 10.8. The van der Waals surface area contributed by atoms with Gasteiger partial charge in [0.2, 0.25) is 0 Å². The summed E-state index contributed by atoms with van der Waals surface area (Å²) in [4.78, 5) is 0. The summed E-state index contributed by atoms with van der Waals surface area (Å²) < 4.78 is 18.4. The quantitative estimate of drug-likeness (QED) is 0.289. The minimum atomic E-state index is 0.335. The Hall–Kier alpha value is -3.40. The molecular weight excluding hydrogens is 436 g/mol. The van der Waals surface area contributed by atoms with Gasteiger partial charge in [0, 0.05) is 28.1 Å². The number of phenolic OH excluding ortho intramolecular Hbond substituents is 1. The van der Waals surface area contributed by atoms with E-state index in [2.05, 4.69) is 52.8 Å². The summed E-state index contributed by atoms with van der Waals surface area (Å²) in [5, 5.41) is 15.7. The predicted molar refractivity (Wildman–Crippen MR) is 141 cm³/mol. The molecule has 4 nitrogen and oxygen atoms in total. The maximum absolute atomic E-state index is 11.3. The van der Waals surface area contributed by atoms with Crippen LogP contribution in [0.1, 0.15) is 70.4 Å². The number of aromatic hydroxyl groups is 1. The fourth-order valence-corrected chi connectivity index (χ4v) is 6.65. The number of ether oxygens (including phenoxy) is 1. The highest BCUT2D eigenvalue weighted by Gasteiger charge is 2.29. The van der Waals surface area contributed by atoms with E-state index in [0.717, 1.165) is 69.2 Å². The minimum absolute atomic E-state index is 0.335. The number of phenols is 1. The van der Waals surface area contributed by atoms with E-state index in [1.165, 1.54) is 27.6 Å². The van der Waals surface area contributed by atoms with Crippen LogP contribution in [-0.2, 0) is 12.8 Å². The van der Waals surface area contributed by atoms with E-state index in [4.69, 9.17) is 13.6 Å². The Morgan fingerprint density at radius 1 is 1.00 bits per heavy atom. The van der Waals surface area contributed by atoms with Crippen LogP contribution in [0.3, 0.4) is 0 Å². The monoisotopic (exact) mass is 468 g/mol. The van der Waals surface area contributed by atoms with E-state index in [1.54, 1.807) is 7.11 Å². The van der Waals surface area contributed by atoms with Gasteiger partial charge in [0.25, 0.3) is 0 Å². The highest BCUT2D eigenvalue weighted by molar-refractivity contribution is 6.09. The third-order valence-corrected chi connectivity index (χ3v) is 8.25. The Balaban J connectivity index is 1.65. The van der Waals surface area contributed by atoms with Crippen molar-refractivity contribution in [2.45, 2.75) is 66.2 Å². The molecule has 6 rings (SSSR count). The fourth-order valence-electron chi connectivity index (χ4n) is 6.65. The van der Waals surface area contributed by atoms with Gasteiger partial charge < -0.3 is 18.7 Å². The molecule has 0 saturated carbocycles. The van der Waals surface area contributed by atoms with Crippen LogP contribution >= 0.6 is 0 Å². The molecule has 0 amide bonds. The third kappa shape index (κ3) is 2.98. The van der Waals surface area contributed by atoms with Crippen molar-refractivity contribution >= 4 is 32.7 Å². The van der Waals surface area contributed by atoms with Gasteiger partial charge in [0.1, 0.15) is 5.76 Å². The van der Waals surface area contributed by atoms with Crippen molar-refractivity contribution in [1.82, 2.24) is 0 Å². The van der Waals surface area contributed by atoms with Gasteiger partial charge in [0.05, 0.1) is 13.4 Å². The molecule has 0 bridgehead atoms. The Bertz CT molecular complexity index is 1650. The number of hydrogen-bond donors (Lipinski definition) is 1. The van der Waals surface area contributed by atoms with Crippen molar-refractivity contribution in [3.63, 3.8) is 0 Å². The number of furan rings is 2. The lowest BCUT2D eigenvalue weighted by Crippen LogP contribution is -2.09. The highest BCUT2D eigenvalue weighted by atomic mass is 16.5. The molecule has 0 aliphatic heterocycles. The Morgan fingerprint density at radius 2 is 1.80 bits per heavy atom. The van der Waals surface area contributed by atoms with Crippen molar-refractivity contribution in [1.29, 1.82) is 0 Å². The largest absolute Gasteiger partial charge is 0.504 e. The van der Waals surface area contributed by atoms with E-state index in [1.807, 2.05) is 6.26 Å². The van der Waals surface area contributed by atoms with Crippen LogP contribution in [0.2, 0.25) is 0 Å². The molecule has 180 valence electrons. The number of hydrogen-bond acceptors (Lipinski definition) is 4. The van der Waals surface area contributed by atoms with E-state index in [9.17, 15) is 5.11 Å². The smallest absolute Gasteiger partial charge is 0.176 e. The van der Waals surface area contributed by atoms with Gasteiger partial charge in [-0.1, -0.05) is 25.1 Å². The standard InChI is InChI=1S/C31H32O4/c1-15-9-7-11-20-24(15)19(5)27-18(4)23(35-30(27)28(20)32)13-22-25-16(2)10-8-12-21(25)29(33-6)31-26(22)17(3)14-34-31/h8,10,12,14-15,32H,7,9,11,13H2,1-6H3/t15-/m1/s1. The number of rotatable bonds is 3. The predicted octanol–water partition coefficient (Wildman–Crippen LogP) is 8.31. The second-order valence-electron chi connectivity index (χ2n) is 10.3. The first-order chi connectivity index (χ1) is 16.8. The van der Waals surface area contributed by atoms with Gasteiger partial charge >= 0.3 is 0 Å². The molecule has 2 heterocycles. The maximum Gasteiger partial charge on any atom is 0.176 e. The molecule has 1 aliphatic carbocycles. The number of fused-ring (bicyclic) bond motifs is 4. The Kier molecular flexibility index (Phi) is 4.93. The Morgan fingerprint density at radius 3 is 2.57 bits per heavy atom. The van der Waals surface area contributed by atoms with Crippen LogP contribution in [-0.4, -0.2) is 12.2 Å². The zero-order valence-corrected chi connectivity index (χ0v) is 21.4. The van der Waals surface area contributed by atoms with E-state index >= 15 is 0 Å². The van der Waals surface area contributed by atoms with E-state index < -0.39 is 0 Å². The summed E-state index contributed by atoms with van der Waals surface area (Å²) in [5.41, 5.74) is 9.62. The number of aryl methyl sites for hydroxylation is 4. The van der Waals surface area contributed by atoms with Crippen LogP contribution < -0.4 is 4.74 Å². The normalized spacial score (nSPS) is 15.9. The SMILES string of the molecule is COc1c2cccc(C)c2c(Cc2oc3c(O)c4c(c(C)c3c2C)[C@H](C)CCC4)c2c(C)coc12. The molecule has 35 heavy (non-hydrogen) atoms. The second kappa shape index (κ2) is 7.81. The lowest BCUT2D eigenvalue weighted by Gasteiger charge is -2.25. The molecule has 1 atom stereocenters. The summed E-state index contributed by atoms with van der Waals surface area (Å²) in [6.07, 6.45) is 5.60. The van der Waals surface area contributed by atoms with Gasteiger partial charge in [0.15, 0.2) is 22.7 Å². The molecule has 0 radical (unpaired) electrons. The average Bonchev–Trinajstić information content (AvgIpc) is 3.38. The number of benzene rings is 3.